The predicted molar refractivity (Wildman–Crippen MR) is 114 cm³/mol. The summed E-state index contributed by atoms with van der Waals surface area (Å²) in [6, 6.07) is 9.89. The fraction of sp³-hybridized carbons (Fsp3) is 0.600. The van der Waals surface area contributed by atoms with Crippen LogP contribution in [0.3, 0.4) is 0 Å². The molecule has 2 rings (SSSR count). The average Bonchev–Trinajstić information content (AvgIpc) is 3.06. The smallest absolute Gasteiger partial charge is 0.407 e. The standard InChI is InChI=1S/C20H32N4O3S/c1-20(2,3)27-19(25)23-17-10-12-24(14-17)18(21-4)22-11-13-28(26)15-16-8-6-5-7-9-16/h5-9,17H,10-15H2,1-4H3,(H,21,22)(H,23,25). The highest BCUT2D eigenvalue weighted by atomic mass is 32.2. The molecule has 0 aromatic heterocycles. The molecule has 0 saturated carbocycles. The highest BCUT2D eigenvalue weighted by molar-refractivity contribution is 7.84. The van der Waals surface area contributed by atoms with E-state index in [1.54, 1.807) is 7.05 Å². The third-order valence-electron chi connectivity index (χ3n) is 4.20. The van der Waals surface area contributed by atoms with E-state index in [1.165, 1.54) is 0 Å². The molecular formula is C20H32N4O3S. The Balaban J connectivity index is 1.72. The Labute approximate surface area is 170 Å². The minimum absolute atomic E-state index is 0.0283. The van der Waals surface area contributed by atoms with Crippen LogP contribution in [0.4, 0.5) is 4.79 Å². The van der Waals surface area contributed by atoms with Crippen molar-refractivity contribution in [2.45, 2.75) is 44.6 Å². The molecule has 1 aromatic carbocycles. The molecule has 8 heteroatoms. The summed E-state index contributed by atoms with van der Waals surface area (Å²) in [6.45, 7) is 7.61. The van der Waals surface area contributed by atoms with Crippen LogP contribution in [-0.4, -0.2) is 65.2 Å². The van der Waals surface area contributed by atoms with E-state index in [2.05, 4.69) is 20.5 Å². The van der Waals surface area contributed by atoms with Crippen LogP contribution in [0.2, 0.25) is 0 Å². The lowest BCUT2D eigenvalue weighted by Crippen LogP contribution is -2.44. The number of alkyl carbamates (subject to hydrolysis) is 1. The molecule has 2 unspecified atom stereocenters. The molecule has 1 heterocycles. The quantitative estimate of drug-likeness (QED) is 0.556. The molecular weight excluding hydrogens is 376 g/mol. The van der Waals surface area contributed by atoms with Crippen LogP contribution >= 0.6 is 0 Å². The van der Waals surface area contributed by atoms with E-state index in [9.17, 15) is 9.00 Å². The predicted octanol–water partition coefficient (Wildman–Crippen LogP) is 2.11. The first-order valence-electron chi connectivity index (χ1n) is 9.61. The fourth-order valence-electron chi connectivity index (χ4n) is 2.99. The van der Waals surface area contributed by atoms with Crippen molar-refractivity contribution >= 4 is 22.9 Å². The number of carbonyl (C=O) groups excluding carboxylic acids is 1. The molecule has 1 aliphatic rings. The highest BCUT2D eigenvalue weighted by Gasteiger charge is 2.27. The van der Waals surface area contributed by atoms with Crippen LogP contribution in [-0.2, 0) is 21.3 Å². The Morgan fingerprint density at radius 1 is 1.32 bits per heavy atom. The van der Waals surface area contributed by atoms with E-state index >= 15 is 0 Å². The van der Waals surface area contributed by atoms with Crippen molar-refractivity contribution in [3.63, 3.8) is 0 Å². The Hall–Kier alpha value is -2.09. The largest absolute Gasteiger partial charge is 0.444 e. The van der Waals surface area contributed by atoms with Crippen molar-refractivity contribution in [1.29, 1.82) is 0 Å². The van der Waals surface area contributed by atoms with Gasteiger partial charge in [0.2, 0.25) is 0 Å². The van der Waals surface area contributed by atoms with Crippen molar-refractivity contribution in [3.8, 4) is 0 Å². The summed E-state index contributed by atoms with van der Waals surface area (Å²) in [5.41, 5.74) is 0.579. The maximum absolute atomic E-state index is 12.2. The number of rotatable bonds is 6. The maximum Gasteiger partial charge on any atom is 0.407 e. The van der Waals surface area contributed by atoms with Crippen LogP contribution in [0.5, 0.6) is 0 Å². The molecule has 2 N–H and O–H groups in total. The number of carbonyl (C=O) groups is 1. The number of hydrogen-bond donors (Lipinski definition) is 2. The van der Waals surface area contributed by atoms with Gasteiger partial charge in [-0.25, -0.2) is 4.79 Å². The van der Waals surface area contributed by atoms with Crippen molar-refractivity contribution in [2.24, 2.45) is 4.99 Å². The number of nitrogens with zero attached hydrogens (tertiary/aromatic N) is 2. The van der Waals surface area contributed by atoms with Crippen molar-refractivity contribution in [3.05, 3.63) is 35.9 Å². The van der Waals surface area contributed by atoms with Crippen LogP contribution in [0.15, 0.2) is 35.3 Å². The Bertz CT molecular complexity index is 688. The van der Waals surface area contributed by atoms with E-state index in [1.807, 2.05) is 51.1 Å². The Kier molecular flexibility index (Phi) is 8.29. The van der Waals surface area contributed by atoms with E-state index in [4.69, 9.17) is 4.74 Å². The summed E-state index contributed by atoms with van der Waals surface area (Å²) in [4.78, 5) is 18.3. The van der Waals surface area contributed by atoms with Crippen molar-refractivity contribution in [1.82, 2.24) is 15.5 Å². The molecule has 1 amide bonds. The van der Waals surface area contributed by atoms with Crippen LogP contribution in [0, 0.1) is 0 Å². The first-order chi connectivity index (χ1) is 13.3. The average molecular weight is 409 g/mol. The first-order valence-corrected chi connectivity index (χ1v) is 11.1. The number of amides is 1. The van der Waals surface area contributed by atoms with E-state index in [0.717, 1.165) is 24.5 Å². The van der Waals surface area contributed by atoms with Crippen molar-refractivity contribution < 1.29 is 13.7 Å². The number of hydrogen-bond acceptors (Lipinski definition) is 4. The molecule has 0 radical (unpaired) electrons. The minimum atomic E-state index is -0.925. The van der Waals surface area contributed by atoms with Crippen LogP contribution < -0.4 is 10.6 Å². The lowest BCUT2D eigenvalue weighted by Gasteiger charge is -2.23. The molecule has 7 nitrogen and oxygen atoms in total. The van der Waals surface area contributed by atoms with Gasteiger partial charge >= 0.3 is 6.09 Å². The van der Waals surface area contributed by atoms with Gasteiger partial charge in [0.25, 0.3) is 0 Å². The minimum Gasteiger partial charge on any atom is -0.444 e. The third-order valence-corrected chi connectivity index (χ3v) is 5.52. The number of nitrogens with one attached hydrogen (secondary N) is 2. The van der Waals surface area contributed by atoms with Gasteiger partial charge in [-0.05, 0) is 32.8 Å². The monoisotopic (exact) mass is 408 g/mol. The highest BCUT2D eigenvalue weighted by Crippen LogP contribution is 2.12. The molecule has 2 atom stereocenters. The van der Waals surface area contributed by atoms with Crippen molar-refractivity contribution in [2.75, 3.05) is 32.4 Å². The lowest BCUT2D eigenvalue weighted by atomic mass is 10.2. The number of benzene rings is 1. The van der Waals surface area contributed by atoms with Gasteiger partial charge in [0.15, 0.2) is 5.96 Å². The van der Waals surface area contributed by atoms with Gasteiger partial charge in [-0.3, -0.25) is 9.20 Å². The van der Waals surface area contributed by atoms with Gasteiger partial charge in [-0.15, -0.1) is 0 Å². The Morgan fingerprint density at radius 2 is 2.04 bits per heavy atom. The van der Waals surface area contributed by atoms with Gasteiger partial charge in [0.05, 0.1) is 6.04 Å². The molecule has 156 valence electrons. The second-order valence-electron chi connectivity index (χ2n) is 7.83. The molecule has 1 fully saturated rings. The summed E-state index contributed by atoms with van der Waals surface area (Å²) in [5.74, 6) is 1.89. The topological polar surface area (TPSA) is 83.0 Å². The Morgan fingerprint density at radius 3 is 2.68 bits per heavy atom. The SMILES string of the molecule is CN=C(NCCS(=O)Cc1ccccc1)N1CCC(NC(=O)OC(C)(C)C)C1. The normalized spacial score (nSPS) is 18.6. The molecule has 0 spiro atoms. The lowest BCUT2D eigenvalue weighted by molar-refractivity contribution is 0.0507. The number of ether oxygens (including phenoxy) is 1. The molecule has 28 heavy (non-hydrogen) atoms. The number of likely N-dealkylation sites (tertiary alicyclic amines) is 1. The second kappa shape index (κ2) is 10.5. The zero-order valence-corrected chi connectivity index (χ0v) is 18.1. The van der Waals surface area contributed by atoms with E-state index < -0.39 is 22.5 Å². The summed E-state index contributed by atoms with van der Waals surface area (Å²) < 4.78 is 17.6. The summed E-state index contributed by atoms with van der Waals surface area (Å²) in [5, 5.41) is 6.19. The molecule has 1 aliphatic heterocycles. The third kappa shape index (κ3) is 7.88. The summed E-state index contributed by atoms with van der Waals surface area (Å²) in [6.07, 6.45) is 0.443. The first kappa shape index (κ1) is 22.2. The summed E-state index contributed by atoms with van der Waals surface area (Å²) >= 11 is 0. The molecule has 1 aromatic rings. The summed E-state index contributed by atoms with van der Waals surface area (Å²) in [7, 11) is 0.809. The van der Waals surface area contributed by atoms with Crippen LogP contribution in [0.25, 0.3) is 0 Å². The fourth-order valence-corrected chi connectivity index (χ4v) is 4.02. The van der Waals surface area contributed by atoms with Gasteiger partial charge in [0, 0.05) is 49.0 Å². The molecule has 0 aliphatic carbocycles. The van der Waals surface area contributed by atoms with Gasteiger partial charge in [-0.2, -0.15) is 0 Å². The zero-order valence-electron chi connectivity index (χ0n) is 17.2. The van der Waals surface area contributed by atoms with E-state index in [0.29, 0.717) is 24.6 Å². The maximum atomic E-state index is 12.2. The molecule has 0 bridgehead atoms. The molecule has 1 saturated heterocycles. The van der Waals surface area contributed by atoms with Gasteiger partial charge in [0.1, 0.15) is 5.60 Å². The van der Waals surface area contributed by atoms with Gasteiger partial charge in [-0.1, -0.05) is 30.3 Å². The number of guanidine groups is 1. The van der Waals surface area contributed by atoms with E-state index in [-0.39, 0.29) is 6.04 Å². The van der Waals surface area contributed by atoms with Crippen LogP contribution in [0.1, 0.15) is 32.8 Å². The number of aliphatic imine (C=N–C) groups is 1. The van der Waals surface area contributed by atoms with Gasteiger partial charge < -0.3 is 20.3 Å². The zero-order chi connectivity index (χ0) is 20.6. The second-order valence-corrected chi connectivity index (χ2v) is 9.40.